The number of nitrogens with two attached hydrogens (primary N) is 1. The number of nitrogens with zero attached hydrogens (tertiary/aromatic N) is 1. The molecule has 2 nitrogen and oxygen atoms in total. The molecule has 1 aliphatic heterocycles. The van der Waals surface area contributed by atoms with Crippen molar-refractivity contribution in [2.45, 2.75) is 51.1 Å². The number of likely N-dealkylation sites (N-methyl/N-ethyl adjacent to an activating group) is 1. The molecule has 1 atom stereocenters. The number of benzene rings is 1. The van der Waals surface area contributed by atoms with Crippen LogP contribution in [0, 0.1) is 0 Å². The lowest BCUT2D eigenvalue weighted by atomic mass is 9.77. The van der Waals surface area contributed by atoms with Crippen LogP contribution in [-0.2, 0) is 13.0 Å². The predicted molar refractivity (Wildman–Crippen MR) is 72.1 cm³/mol. The van der Waals surface area contributed by atoms with E-state index in [1.54, 1.807) is 0 Å². The van der Waals surface area contributed by atoms with Crippen molar-refractivity contribution in [3.8, 4) is 0 Å². The minimum atomic E-state index is 0.653. The number of nitrogen functional groups attached to an aromatic ring is 1. The minimum absolute atomic E-state index is 0.653. The zero-order chi connectivity index (χ0) is 12.0. The largest absolute Gasteiger partial charge is 0.398 e. The molecule has 2 aliphatic rings. The molecular weight excluding hydrogens is 208 g/mol. The highest BCUT2D eigenvalue weighted by atomic mass is 15.1. The maximum absolute atomic E-state index is 6.22. The van der Waals surface area contributed by atoms with E-state index in [1.165, 1.54) is 42.4 Å². The molecule has 1 aliphatic carbocycles. The van der Waals surface area contributed by atoms with Crippen LogP contribution in [0.15, 0.2) is 12.1 Å². The summed E-state index contributed by atoms with van der Waals surface area (Å²) in [6.07, 6.45) is 5.21. The van der Waals surface area contributed by atoms with Crippen molar-refractivity contribution in [2.75, 3.05) is 12.8 Å². The van der Waals surface area contributed by atoms with Crippen LogP contribution in [0.2, 0.25) is 0 Å². The van der Waals surface area contributed by atoms with Crippen LogP contribution >= 0.6 is 0 Å². The molecule has 3 rings (SSSR count). The fourth-order valence-corrected chi connectivity index (χ4v) is 3.04. The Morgan fingerprint density at radius 2 is 2.00 bits per heavy atom. The van der Waals surface area contributed by atoms with Gasteiger partial charge < -0.3 is 5.73 Å². The quantitative estimate of drug-likeness (QED) is 0.752. The van der Waals surface area contributed by atoms with Crippen LogP contribution < -0.4 is 5.73 Å². The molecule has 0 amide bonds. The monoisotopic (exact) mass is 230 g/mol. The van der Waals surface area contributed by atoms with E-state index in [2.05, 4.69) is 31.0 Å². The van der Waals surface area contributed by atoms with Crippen molar-refractivity contribution in [2.24, 2.45) is 0 Å². The highest BCUT2D eigenvalue weighted by Crippen LogP contribution is 2.40. The lowest BCUT2D eigenvalue weighted by Gasteiger charge is -2.34. The second-order valence-electron chi connectivity index (χ2n) is 5.85. The molecule has 92 valence electrons. The fourth-order valence-electron chi connectivity index (χ4n) is 3.04. The first-order valence-corrected chi connectivity index (χ1v) is 6.76. The number of hydrogen-bond donors (Lipinski definition) is 1. The van der Waals surface area contributed by atoms with Crippen molar-refractivity contribution in [1.82, 2.24) is 4.90 Å². The number of fused-ring (bicyclic) bond motifs is 1. The SMILES string of the molecule is CC1Cc2cc(C3CCC3)c(N)cc2CN1C. The van der Waals surface area contributed by atoms with Crippen LogP contribution in [0.5, 0.6) is 0 Å². The van der Waals surface area contributed by atoms with Crippen LogP contribution in [0.1, 0.15) is 48.8 Å². The van der Waals surface area contributed by atoms with Crippen LogP contribution in [0.25, 0.3) is 0 Å². The molecule has 0 saturated heterocycles. The van der Waals surface area contributed by atoms with Gasteiger partial charge in [0, 0.05) is 18.3 Å². The second kappa shape index (κ2) is 4.02. The van der Waals surface area contributed by atoms with E-state index in [9.17, 15) is 0 Å². The first-order chi connectivity index (χ1) is 8.15. The van der Waals surface area contributed by atoms with Gasteiger partial charge in [-0.1, -0.05) is 12.5 Å². The smallest absolute Gasteiger partial charge is 0.0352 e. The highest BCUT2D eigenvalue weighted by Gasteiger charge is 2.25. The lowest BCUT2D eigenvalue weighted by Crippen LogP contribution is -2.35. The summed E-state index contributed by atoms with van der Waals surface area (Å²) in [5.74, 6) is 0.746. The van der Waals surface area contributed by atoms with E-state index in [0.717, 1.165) is 18.2 Å². The van der Waals surface area contributed by atoms with E-state index in [1.807, 2.05) is 0 Å². The van der Waals surface area contributed by atoms with Gasteiger partial charge in [0.05, 0.1) is 0 Å². The molecule has 1 aromatic rings. The highest BCUT2D eigenvalue weighted by molar-refractivity contribution is 5.55. The molecule has 1 fully saturated rings. The Balaban J connectivity index is 1.97. The first-order valence-electron chi connectivity index (χ1n) is 6.76. The Kier molecular flexibility index (Phi) is 2.62. The van der Waals surface area contributed by atoms with Gasteiger partial charge in [-0.3, -0.25) is 4.90 Å². The average Bonchev–Trinajstić information content (AvgIpc) is 2.20. The molecule has 1 heterocycles. The molecule has 1 unspecified atom stereocenters. The van der Waals surface area contributed by atoms with E-state index in [0.29, 0.717) is 6.04 Å². The van der Waals surface area contributed by atoms with E-state index < -0.39 is 0 Å². The van der Waals surface area contributed by atoms with E-state index >= 15 is 0 Å². The summed E-state index contributed by atoms with van der Waals surface area (Å²) in [5, 5.41) is 0. The third-order valence-corrected chi connectivity index (χ3v) is 4.64. The normalized spacial score (nSPS) is 25.4. The van der Waals surface area contributed by atoms with Gasteiger partial charge in [-0.15, -0.1) is 0 Å². The minimum Gasteiger partial charge on any atom is -0.398 e. The molecule has 17 heavy (non-hydrogen) atoms. The Bertz CT molecular complexity index is 435. The van der Waals surface area contributed by atoms with Crippen molar-refractivity contribution < 1.29 is 0 Å². The second-order valence-corrected chi connectivity index (χ2v) is 5.85. The third kappa shape index (κ3) is 1.85. The van der Waals surface area contributed by atoms with Gasteiger partial charge in [-0.25, -0.2) is 0 Å². The maximum atomic E-state index is 6.22. The van der Waals surface area contributed by atoms with Crippen molar-refractivity contribution in [3.63, 3.8) is 0 Å². The summed E-state index contributed by atoms with van der Waals surface area (Å²) in [7, 11) is 2.20. The van der Waals surface area contributed by atoms with Crippen LogP contribution in [0.3, 0.4) is 0 Å². The third-order valence-electron chi connectivity index (χ3n) is 4.64. The van der Waals surface area contributed by atoms with Crippen molar-refractivity contribution in [1.29, 1.82) is 0 Å². The molecule has 2 heteroatoms. The Hall–Kier alpha value is -1.02. The van der Waals surface area contributed by atoms with Gasteiger partial charge in [0.2, 0.25) is 0 Å². The number of anilines is 1. The molecule has 1 saturated carbocycles. The van der Waals surface area contributed by atoms with Gasteiger partial charge in [0.15, 0.2) is 0 Å². The zero-order valence-corrected chi connectivity index (χ0v) is 10.9. The standard InChI is InChI=1S/C15H22N2/c1-10-6-12-7-14(11-4-3-5-11)15(16)8-13(12)9-17(10)2/h7-8,10-11H,3-6,9,16H2,1-2H3. The molecule has 0 aromatic heterocycles. The Morgan fingerprint density at radius 1 is 1.24 bits per heavy atom. The van der Waals surface area contributed by atoms with Gasteiger partial charge in [0.1, 0.15) is 0 Å². The van der Waals surface area contributed by atoms with Crippen LogP contribution in [0.4, 0.5) is 5.69 Å². The maximum Gasteiger partial charge on any atom is 0.0352 e. The Labute approximate surface area is 104 Å². The van der Waals surface area contributed by atoms with Gasteiger partial charge >= 0.3 is 0 Å². The summed E-state index contributed by atoms with van der Waals surface area (Å²) >= 11 is 0. The van der Waals surface area contributed by atoms with E-state index in [-0.39, 0.29) is 0 Å². The molecule has 0 radical (unpaired) electrons. The fraction of sp³-hybridized carbons (Fsp3) is 0.600. The number of rotatable bonds is 1. The van der Waals surface area contributed by atoms with Crippen molar-refractivity contribution >= 4 is 5.69 Å². The van der Waals surface area contributed by atoms with Gasteiger partial charge in [0.25, 0.3) is 0 Å². The number of hydrogen-bond acceptors (Lipinski definition) is 2. The first kappa shape index (κ1) is 11.1. The predicted octanol–water partition coefficient (Wildman–Crippen LogP) is 2.91. The molecule has 2 N–H and O–H groups in total. The topological polar surface area (TPSA) is 29.3 Å². The van der Waals surface area contributed by atoms with Gasteiger partial charge in [-0.05, 0) is 61.9 Å². The van der Waals surface area contributed by atoms with Gasteiger partial charge in [-0.2, -0.15) is 0 Å². The summed E-state index contributed by atoms with van der Waals surface area (Å²) < 4.78 is 0. The van der Waals surface area contributed by atoms with Crippen molar-refractivity contribution in [3.05, 3.63) is 28.8 Å². The Morgan fingerprint density at radius 3 is 2.65 bits per heavy atom. The average molecular weight is 230 g/mol. The summed E-state index contributed by atoms with van der Waals surface area (Å²) in [6, 6.07) is 5.28. The molecular formula is C15H22N2. The molecule has 0 spiro atoms. The zero-order valence-electron chi connectivity index (χ0n) is 10.9. The van der Waals surface area contributed by atoms with E-state index in [4.69, 9.17) is 5.73 Å². The molecule has 0 bridgehead atoms. The summed E-state index contributed by atoms with van der Waals surface area (Å²) in [6.45, 7) is 3.36. The summed E-state index contributed by atoms with van der Waals surface area (Å²) in [5.41, 5.74) is 11.6. The summed E-state index contributed by atoms with van der Waals surface area (Å²) in [4.78, 5) is 2.41. The lowest BCUT2D eigenvalue weighted by molar-refractivity contribution is 0.231. The van der Waals surface area contributed by atoms with Crippen LogP contribution in [-0.4, -0.2) is 18.0 Å². The molecule has 1 aromatic carbocycles.